The van der Waals surface area contributed by atoms with Crippen LogP contribution >= 0.6 is 11.6 Å². The number of fused-ring (bicyclic) bond motifs is 1. The summed E-state index contributed by atoms with van der Waals surface area (Å²) >= 11 is 6.04. The molecular formula is C17H14ClNO3. The highest BCUT2D eigenvalue weighted by molar-refractivity contribution is 6.32. The van der Waals surface area contributed by atoms with Gasteiger partial charge in [0.2, 0.25) is 6.10 Å². The summed E-state index contributed by atoms with van der Waals surface area (Å²) in [4.78, 5) is 24.1. The number of rotatable bonds is 3. The van der Waals surface area contributed by atoms with Gasteiger partial charge in [-0.2, -0.15) is 0 Å². The van der Waals surface area contributed by atoms with E-state index in [1.54, 1.807) is 12.1 Å². The number of ether oxygens (including phenoxy) is 1. The molecule has 2 aromatic carbocycles. The zero-order valence-electron chi connectivity index (χ0n) is 11.9. The van der Waals surface area contributed by atoms with Crippen LogP contribution in [0.15, 0.2) is 42.5 Å². The topological polar surface area (TPSA) is 55.4 Å². The summed E-state index contributed by atoms with van der Waals surface area (Å²) in [7, 11) is 0. The molecule has 22 heavy (non-hydrogen) atoms. The highest BCUT2D eigenvalue weighted by Gasteiger charge is 2.35. The Morgan fingerprint density at radius 1 is 1.23 bits per heavy atom. The van der Waals surface area contributed by atoms with Gasteiger partial charge in [0.1, 0.15) is 0 Å². The Morgan fingerprint density at radius 2 is 1.95 bits per heavy atom. The van der Waals surface area contributed by atoms with E-state index < -0.39 is 12.1 Å². The fraction of sp³-hybridized carbons (Fsp3) is 0.176. The Bertz CT molecular complexity index is 743. The average molecular weight is 316 g/mol. The standard InChI is InChI=1S/C17H14ClNO3/c1-10-13(18)8-7-12-15(10)19-17(21)16(12)22-14(20)9-11-5-3-2-4-6-11/h2-8,16H,9H2,1H3,(H,19,21). The number of nitrogens with one attached hydrogen (secondary N) is 1. The van der Waals surface area contributed by atoms with Gasteiger partial charge in [0.05, 0.1) is 12.1 Å². The zero-order chi connectivity index (χ0) is 15.7. The number of carbonyl (C=O) groups is 2. The van der Waals surface area contributed by atoms with Crippen LogP contribution in [0.25, 0.3) is 0 Å². The summed E-state index contributed by atoms with van der Waals surface area (Å²) in [5.41, 5.74) is 2.90. The number of carbonyl (C=O) groups excluding carboxylic acids is 2. The molecule has 0 spiro atoms. The number of hydrogen-bond donors (Lipinski definition) is 1. The Balaban J connectivity index is 1.78. The van der Waals surface area contributed by atoms with Crippen molar-refractivity contribution in [3.05, 3.63) is 64.2 Å². The van der Waals surface area contributed by atoms with Crippen molar-refractivity contribution in [3.8, 4) is 0 Å². The molecule has 2 aromatic rings. The SMILES string of the molecule is Cc1c(Cl)ccc2c1NC(=O)C2OC(=O)Cc1ccccc1. The van der Waals surface area contributed by atoms with Crippen LogP contribution in [-0.4, -0.2) is 11.9 Å². The molecule has 1 atom stereocenters. The Hall–Kier alpha value is -2.33. The first-order valence-corrected chi connectivity index (χ1v) is 7.27. The maximum absolute atomic E-state index is 12.1. The van der Waals surface area contributed by atoms with Crippen molar-refractivity contribution in [2.75, 3.05) is 5.32 Å². The molecule has 3 rings (SSSR count). The highest BCUT2D eigenvalue weighted by Crippen LogP contribution is 2.38. The summed E-state index contributed by atoms with van der Waals surface area (Å²) in [6, 6.07) is 12.7. The summed E-state index contributed by atoms with van der Waals surface area (Å²) in [6.45, 7) is 1.82. The van der Waals surface area contributed by atoms with Gasteiger partial charge in [-0.15, -0.1) is 0 Å². The fourth-order valence-electron chi connectivity index (χ4n) is 2.47. The minimum atomic E-state index is -0.915. The maximum atomic E-state index is 12.1. The second-order valence-corrected chi connectivity index (χ2v) is 5.57. The Kier molecular flexibility index (Phi) is 3.86. The van der Waals surface area contributed by atoms with Gasteiger partial charge in [-0.25, -0.2) is 0 Å². The van der Waals surface area contributed by atoms with Gasteiger partial charge in [0.25, 0.3) is 5.91 Å². The van der Waals surface area contributed by atoms with Gasteiger partial charge >= 0.3 is 5.97 Å². The number of benzene rings is 2. The summed E-state index contributed by atoms with van der Waals surface area (Å²) in [5.74, 6) is -0.784. The second-order valence-electron chi connectivity index (χ2n) is 5.16. The molecule has 1 heterocycles. The lowest BCUT2D eigenvalue weighted by molar-refractivity contribution is -0.153. The summed E-state index contributed by atoms with van der Waals surface area (Å²) < 4.78 is 5.35. The smallest absolute Gasteiger partial charge is 0.311 e. The molecule has 1 aliphatic heterocycles. The second kappa shape index (κ2) is 5.81. The van der Waals surface area contributed by atoms with Crippen molar-refractivity contribution in [2.24, 2.45) is 0 Å². The molecule has 112 valence electrons. The largest absolute Gasteiger partial charge is 0.447 e. The van der Waals surface area contributed by atoms with E-state index in [9.17, 15) is 9.59 Å². The highest BCUT2D eigenvalue weighted by atomic mass is 35.5. The van der Waals surface area contributed by atoms with Gasteiger partial charge in [-0.3, -0.25) is 9.59 Å². The minimum absolute atomic E-state index is 0.131. The lowest BCUT2D eigenvalue weighted by Gasteiger charge is -2.11. The molecule has 0 saturated heterocycles. The van der Waals surface area contributed by atoms with Crippen molar-refractivity contribution in [3.63, 3.8) is 0 Å². The predicted molar refractivity (Wildman–Crippen MR) is 83.8 cm³/mol. The molecule has 4 nitrogen and oxygen atoms in total. The van der Waals surface area contributed by atoms with E-state index in [1.165, 1.54) is 0 Å². The van der Waals surface area contributed by atoms with Crippen LogP contribution in [0, 0.1) is 6.92 Å². The van der Waals surface area contributed by atoms with Crippen molar-refractivity contribution in [1.29, 1.82) is 0 Å². The number of hydrogen-bond acceptors (Lipinski definition) is 3. The number of anilines is 1. The minimum Gasteiger partial charge on any atom is -0.447 e. The molecule has 0 aliphatic carbocycles. The predicted octanol–water partition coefficient (Wildman–Crippen LogP) is 3.43. The lowest BCUT2D eigenvalue weighted by Crippen LogP contribution is -2.19. The van der Waals surface area contributed by atoms with Gasteiger partial charge in [0, 0.05) is 10.6 Å². The van der Waals surface area contributed by atoms with E-state index >= 15 is 0 Å². The molecule has 0 radical (unpaired) electrons. The number of amides is 1. The third-order valence-electron chi connectivity index (χ3n) is 3.64. The monoisotopic (exact) mass is 315 g/mol. The normalized spacial score (nSPS) is 16.1. The van der Waals surface area contributed by atoms with Crippen molar-refractivity contribution in [2.45, 2.75) is 19.4 Å². The van der Waals surface area contributed by atoms with Crippen LogP contribution in [0.4, 0.5) is 5.69 Å². The third-order valence-corrected chi connectivity index (χ3v) is 4.05. The third kappa shape index (κ3) is 2.70. The van der Waals surface area contributed by atoms with Crippen LogP contribution in [0.2, 0.25) is 5.02 Å². The van der Waals surface area contributed by atoms with Crippen LogP contribution in [-0.2, 0) is 20.7 Å². The molecule has 1 N–H and O–H groups in total. The van der Waals surface area contributed by atoms with E-state index in [1.807, 2.05) is 37.3 Å². The molecular weight excluding hydrogens is 302 g/mol. The van der Waals surface area contributed by atoms with Gasteiger partial charge in [0.15, 0.2) is 0 Å². The van der Waals surface area contributed by atoms with Crippen molar-refractivity contribution >= 4 is 29.2 Å². The molecule has 0 fully saturated rings. The number of halogens is 1. The molecule has 1 amide bonds. The maximum Gasteiger partial charge on any atom is 0.311 e. The lowest BCUT2D eigenvalue weighted by atomic mass is 10.1. The van der Waals surface area contributed by atoms with E-state index in [2.05, 4.69) is 5.32 Å². The quantitative estimate of drug-likeness (QED) is 0.883. The first kappa shape index (κ1) is 14.6. The molecule has 0 aromatic heterocycles. The first-order chi connectivity index (χ1) is 10.6. The van der Waals surface area contributed by atoms with E-state index in [4.69, 9.17) is 16.3 Å². The van der Waals surface area contributed by atoms with E-state index in [-0.39, 0.29) is 12.3 Å². The molecule has 0 bridgehead atoms. The van der Waals surface area contributed by atoms with Crippen LogP contribution in [0.5, 0.6) is 0 Å². The zero-order valence-corrected chi connectivity index (χ0v) is 12.7. The molecule has 5 heteroatoms. The summed E-state index contributed by atoms with van der Waals surface area (Å²) in [6.07, 6.45) is -0.783. The Morgan fingerprint density at radius 3 is 2.68 bits per heavy atom. The number of esters is 1. The average Bonchev–Trinajstić information content (AvgIpc) is 2.81. The van der Waals surface area contributed by atoms with Crippen molar-refractivity contribution in [1.82, 2.24) is 0 Å². The molecule has 0 saturated carbocycles. The van der Waals surface area contributed by atoms with E-state index in [0.717, 1.165) is 11.1 Å². The Labute approximate surface area is 133 Å². The van der Waals surface area contributed by atoms with Crippen molar-refractivity contribution < 1.29 is 14.3 Å². The van der Waals surface area contributed by atoms with Gasteiger partial charge in [-0.1, -0.05) is 48.0 Å². The molecule has 1 unspecified atom stereocenters. The van der Waals surface area contributed by atoms with Gasteiger partial charge < -0.3 is 10.1 Å². The molecule has 1 aliphatic rings. The van der Waals surface area contributed by atoms with Gasteiger partial charge in [-0.05, 0) is 24.1 Å². The van der Waals surface area contributed by atoms with Crippen LogP contribution in [0.3, 0.4) is 0 Å². The summed E-state index contributed by atoms with van der Waals surface area (Å²) in [5, 5.41) is 3.29. The first-order valence-electron chi connectivity index (χ1n) is 6.89. The van der Waals surface area contributed by atoms with E-state index in [0.29, 0.717) is 16.3 Å². The van der Waals surface area contributed by atoms with Crippen LogP contribution in [0.1, 0.15) is 22.8 Å². The van der Waals surface area contributed by atoms with Crippen LogP contribution < -0.4 is 5.32 Å². The fourth-order valence-corrected chi connectivity index (χ4v) is 2.63.